The molecule has 0 fully saturated rings. The Labute approximate surface area is 115 Å². The topological polar surface area (TPSA) is 35.2 Å². The van der Waals surface area contributed by atoms with Crippen molar-refractivity contribution in [2.75, 3.05) is 6.54 Å². The van der Waals surface area contributed by atoms with Crippen LogP contribution in [0.5, 0.6) is 5.75 Å². The predicted octanol–water partition coefficient (Wildman–Crippen LogP) is 3.33. The number of hydrogen-bond donors (Lipinski definition) is 1. The number of rotatable bonds is 6. The summed E-state index contributed by atoms with van der Waals surface area (Å²) in [7, 11) is 0. The van der Waals surface area contributed by atoms with Crippen molar-refractivity contribution in [1.82, 2.24) is 0 Å². The fourth-order valence-corrected chi connectivity index (χ4v) is 1.96. The lowest BCUT2D eigenvalue weighted by Crippen LogP contribution is -2.03. The lowest BCUT2D eigenvalue weighted by Gasteiger charge is -2.07. The summed E-state index contributed by atoms with van der Waals surface area (Å²) in [6, 6.07) is 16.7. The van der Waals surface area contributed by atoms with Gasteiger partial charge in [0.15, 0.2) is 0 Å². The minimum absolute atomic E-state index is 0.606. The third-order valence-corrected chi connectivity index (χ3v) is 3.19. The zero-order valence-corrected chi connectivity index (χ0v) is 11.4. The summed E-state index contributed by atoms with van der Waals surface area (Å²) in [5, 5.41) is 0. The Morgan fingerprint density at radius 3 is 2.00 bits per heavy atom. The monoisotopic (exact) mass is 255 g/mol. The molecule has 0 aliphatic heterocycles. The van der Waals surface area contributed by atoms with Crippen LogP contribution in [0.25, 0.3) is 0 Å². The summed E-state index contributed by atoms with van der Waals surface area (Å²) < 4.78 is 5.77. The molecule has 0 aliphatic rings. The van der Waals surface area contributed by atoms with E-state index in [0.29, 0.717) is 13.2 Å². The molecule has 0 atom stereocenters. The molecule has 0 radical (unpaired) electrons. The standard InChI is InChI=1S/C17H21NO/c1-2-14-7-9-17(10-8-14)19-13-16-5-3-15(4-6-16)11-12-18/h3-10H,2,11-13,18H2,1H3. The summed E-state index contributed by atoms with van der Waals surface area (Å²) >= 11 is 0. The molecule has 0 heterocycles. The minimum Gasteiger partial charge on any atom is -0.489 e. The summed E-state index contributed by atoms with van der Waals surface area (Å²) in [6.45, 7) is 3.45. The number of aryl methyl sites for hydroxylation is 1. The Hall–Kier alpha value is -1.80. The molecule has 0 saturated heterocycles. The van der Waals surface area contributed by atoms with E-state index in [1.54, 1.807) is 0 Å². The average molecular weight is 255 g/mol. The Kier molecular flexibility index (Phi) is 4.99. The van der Waals surface area contributed by atoms with Gasteiger partial charge in [0, 0.05) is 0 Å². The number of hydrogen-bond acceptors (Lipinski definition) is 2. The fraction of sp³-hybridized carbons (Fsp3) is 0.294. The fourth-order valence-electron chi connectivity index (χ4n) is 1.96. The van der Waals surface area contributed by atoms with Crippen LogP contribution >= 0.6 is 0 Å². The zero-order valence-electron chi connectivity index (χ0n) is 11.4. The second-order valence-electron chi connectivity index (χ2n) is 4.64. The maximum atomic E-state index is 5.77. The van der Waals surface area contributed by atoms with Crippen LogP contribution in [0, 0.1) is 0 Å². The molecule has 0 saturated carbocycles. The maximum absolute atomic E-state index is 5.77. The minimum atomic E-state index is 0.606. The molecule has 0 spiro atoms. The van der Waals surface area contributed by atoms with Gasteiger partial charge in [0.25, 0.3) is 0 Å². The molecule has 2 rings (SSSR count). The molecular weight excluding hydrogens is 234 g/mol. The zero-order chi connectivity index (χ0) is 13.5. The first kappa shape index (κ1) is 13.6. The molecule has 2 heteroatoms. The smallest absolute Gasteiger partial charge is 0.119 e. The van der Waals surface area contributed by atoms with E-state index >= 15 is 0 Å². The highest BCUT2D eigenvalue weighted by atomic mass is 16.5. The molecule has 0 amide bonds. The van der Waals surface area contributed by atoms with E-state index in [1.165, 1.54) is 16.7 Å². The van der Waals surface area contributed by atoms with Gasteiger partial charge in [-0.05, 0) is 48.2 Å². The summed E-state index contributed by atoms with van der Waals surface area (Å²) in [5.74, 6) is 0.920. The van der Waals surface area contributed by atoms with Crippen LogP contribution in [-0.4, -0.2) is 6.54 Å². The highest BCUT2D eigenvalue weighted by Crippen LogP contribution is 2.15. The van der Waals surface area contributed by atoms with E-state index in [0.717, 1.165) is 18.6 Å². The van der Waals surface area contributed by atoms with Crippen molar-refractivity contribution in [3.8, 4) is 5.75 Å². The van der Waals surface area contributed by atoms with Crippen LogP contribution in [0.2, 0.25) is 0 Å². The van der Waals surface area contributed by atoms with Gasteiger partial charge in [-0.2, -0.15) is 0 Å². The quantitative estimate of drug-likeness (QED) is 0.859. The Bertz CT molecular complexity index is 488. The summed E-state index contributed by atoms with van der Waals surface area (Å²) in [6.07, 6.45) is 1.99. The summed E-state index contributed by atoms with van der Waals surface area (Å²) in [5.41, 5.74) is 9.32. The van der Waals surface area contributed by atoms with Crippen LogP contribution in [0.1, 0.15) is 23.6 Å². The highest BCUT2D eigenvalue weighted by molar-refractivity contribution is 5.28. The third kappa shape index (κ3) is 4.11. The van der Waals surface area contributed by atoms with Crippen LogP contribution in [0.15, 0.2) is 48.5 Å². The second kappa shape index (κ2) is 6.95. The van der Waals surface area contributed by atoms with Gasteiger partial charge in [-0.25, -0.2) is 0 Å². The maximum Gasteiger partial charge on any atom is 0.119 e. The van der Waals surface area contributed by atoms with Crippen LogP contribution in [0.4, 0.5) is 0 Å². The van der Waals surface area contributed by atoms with Crippen molar-refractivity contribution in [2.45, 2.75) is 26.4 Å². The lowest BCUT2D eigenvalue weighted by molar-refractivity contribution is 0.306. The van der Waals surface area contributed by atoms with E-state index in [2.05, 4.69) is 43.3 Å². The third-order valence-electron chi connectivity index (χ3n) is 3.19. The first-order chi connectivity index (χ1) is 9.31. The van der Waals surface area contributed by atoms with Gasteiger partial charge in [0.2, 0.25) is 0 Å². The molecule has 2 nitrogen and oxygen atoms in total. The van der Waals surface area contributed by atoms with E-state index in [1.807, 2.05) is 12.1 Å². The Morgan fingerprint density at radius 1 is 0.842 bits per heavy atom. The summed E-state index contributed by atoms with van der Waals surface area (Å²) in [4.78, 5) is 0. The van der Waals surface area contributed by atoms with Gasteiger partial charge in [0.05, 0.1) is 0 Å². The van der Waals surface area contributed by atoms with Gasteiger partial charge >= 0.3 is 0 Å². The van der Waals surface area contributed by atoms with Gasteiger partial charge in [-0.3, -0.25) is 0 Å². The average Bonchev–Trinajstić information content (AvgIpc) is 2.47. The van der Waals surface area contributed by atoms with Gasteiger partial charge in [-0.15, -0.1) is 0 Å². The molecule has 2 aromatic carbocycles. The molecular formula is C17H21NO. The first-order valence-corrected chi connectivity index (χ1v) is 6.81. The van der Waals surface area contributed by atoms with Crippen LogP contribution < -0.4 is 10.5 Å². The Morgan fingerprint density at radius 2 is 1.42 bits per heavy atom. The normalized spacial score (nSPS) is 10.4. The van der Waals surface area contributed by atoms with Crippen LogP contribution in [0.3, 0.4) is 0 Å². The Balaban J connectivity index is 1.90. The lowest BCUT2D eigenvalue weighted by atomic mass is 10.1. The molecule has 0 bridgehead atoms. The molecule has 100 valence electrons. The van der Waals surface area contributed by atoms with Crippen molar-refractivity contribution in [1.29, 1.82) is 0 Å². The van der Waals surface area contributed by atoms with Gasteiger partial charge in [0.1, 0.15) is 12.4 Å². The van der Waals surface area contributed by atoms with Crippen molar-refractivity contribution >= 4 is 0 Å². The number of benzene rings is 2. The van der Waals surface area contributed by atoms with E-state index in [9.17, 15) is 0 Å². The second-order valence-corrected chi connectivity index (χ2v) is 4.64. The van der Waals surface area contributed by atoms with Crippen molar-refractivity contribution in [2.24, 2.45) is 5.73 Å². The van der Waals surface area contributed by atoms with Crippen LogP contribution in [-0.2, 0) is 19.4 Å². The molecule has 2 N–H and O–H groups in total. The molecule has 0 aromatic heterocycles. The molecule has 2 aromatic rings. The molecule has 19 heavy (non-hydrogen) atoms. The van der Waals surface area contributed by atoms with E-state index < -0.39 is 0 Å². The predicted molar refractivity (Wildman–Crippen MR) is 79.4 cm³/mol. The van der Waals surface area contributed by atoms with Crippen molar-refractivity contribution < 1.29 is 4.74 Å². The largest absolute Gasteiger partial charge is 0.489 e. The highest BCUT2D eigenvalue weighted by Gasteiger charge is 1.97. The van der Waals surface area contributed by atoms with E-state index in [4.69, 9.17) is 10.5 Å². The molecule has 0 aliphatic carbocycles. The molecule has 0 unspecified atom stereocenters. The van der Waals surface area contributed by atoms with Gasteiger partial charge in [-0.1, -0.05) is 43.3 Å². The SMILES string of the molecule is CCc1ccc(OCc2ccc(CCN)cc2)cc1. The number of nitrogens with two attached hydrogens (primary N) is 1. The van der Waals surface area contributed by atoms with Crippen molar-refractivity contribution in [3.05, 3.63) is 65.2 Å². The van der Waals surface area contributed by atoms with Gasteiger partial charge < -0.3 is 10.5 Å². The van der Waals surface area contributed by atoms with E-state index in [-0.39, 0.29) is 0 Å². The van der Waals surface area contributed by atoms with Crippen molar-refractivity contribution in [3.63, 3.8) is 0 Å². The first-order valence-electron chi connectivity index (χ1n) is 6.81. The number of ether oxygens (including phenoxy) is 1.